The Balaban J connectivity index is 1.86. The zero-order chi connectivity index (χ0) is 22.9. The summed E-state index contributed by atoms with van der Waals surface area (Å²) in [7, 11) is 0. The number of carbonyl (C=O) groups is 1. The largest absolute Gasteiger partial charge is 0.391 e. The average Bonchev–Trinajstić information content (AvgIpc) is 2.99. The van der Waals surface area contributed by atoms with Crippen molar-refractivity contribution in [3.05, 3.63) is 60.2 Å². The van der Waals surface area contributed by atoms with Crippen molar-refractivity contribution in [2.45, 2.75) is 63.6 Å². The fourth-order valence-electron chi connectivity index (χ4n) is 5.26. The highest BCUT2D eigenvalue weighted by Gasteiger charge is 2.64. The highest BCUT2D eigenvalue weighted by Crippen LogP contribution is 2.50. The molecule has 1 aromatic carbocycles. The summed E-state index contributed by atoms with van der Waals surface area (Å²) in [5.41, 5.74) is -0.0767. The van der Waals surface area contributed by atoms with Gasteiger partial charge in [0, 0.05) is 17.9 Å². The number of aliphatic hydroxyl groups excluding tert-OH is 3. The molecular weight excluding hydrogens is 394 g/mol. The van der Waals surface area contributed by atoms with Crippen LogP contribution in [0.2, 0.25) is 0 Å². The van der Waals surface area contributed by atoms with E-state index in [4.69, 9.17) is 0 Å². The minimum absolute atomic E-state index is 0.215. The molecule has 0 spiro atoms. The highest BCUT2D eigenvalue weighted by atomic mass is 16.3. The summed E-state index contributed by atoms with van der Waals surface area (Å²) in [4.78, 5) is 13.0. The maximum atomic E-state index is 13.0. The smallest absolute Gasteiger partial charge is 0.253 e. The van der Waals surface area contributed by atoms with Crippen molar-refractivity contribution < 1.29 is 25.2 Å². The lowest BCUT2D eigenvalue weighted by Crippen LogP contribution is -2.59. The Hall–Kier alpha value is -1.99. The van der Waals surface area contributed by atoms with Gasteiger partial charge in [0.1, 0.15) is 0 Å². The normalized spacial score (nSPS) is 36.2. The molecule has 1 aliphatic heterocycles. The molecular formula is C25H35NO5. The second-order valence-electron chi connectivity index (χ2n) is 9.33. The molecule has 31 heavy (non-hydrogen) atoms. The van der Waals surface area contributed by atoms with Crippen LogP contribution in [0.15, 0.2) is 54.6 Å². The van der Waals surface area contributed by atoms with Gasteiger partial charge >= 0.3 is 0 Å². The molecule has 9 unspecified atom stereocenters. The number of rotatable bonds is 7. The lowest BCUT2D eigenvalue weighted by Gasteiger charge is -2.47. The number of carbonyl (C=O) groups excluding carboxylic acids is 1. The summed E-state index contributed by atoms with van der Waals surface area (Å²) in [6.07, 6.45) is 1.68. The molecule has 1 saturated heterocycles. The van der Waals surface area contributed by atoms with Crippen molar-refractivity contribution in [2.24, 2.45) is 23.7 Å². The number of amides is 1. The van der Waals surface area contributed by atoms with Crippen LogP contribution in [0, 0.1) is 23.7 Å². The monoisotopic (exact) mass is 429 g/mol. The molecule has 1 heterocycles. The number of allylic oxidation sites excluding steroid dienone is 1. The summed E-state index contributed by atoms with van der Waals surface area (Å²) in [6, 6.07) is 9.54. The molecule has 6 heteroatoms. The van der Waals surface area contributed by atoms with Crippen LogP contribution in [0.4, 0.5) is 0 Å². The first-order valence-electron chi connectivity index (χ1n) is 11.1. The van der Waals surface area contributed by atoms with E-state index in [0.29, 0.717) is 18.4 Å². The molecule has 1 amide bonds. The third-order valence-corrected chi connectivity index (χ3v) is 7.20. The topological polar surface area (TPSA) is 110 Å². The van der Waals surface area contributed by atoms with Crippen molar-refractivity contribution >= 4 is 5.91 Å². The van der Waals surface area contributed by atoms with Gasteiger partial charge in [0.05, 0.1) is 18.3 Å². The summed E-state index contributed by atoms with van der Waals surface area (Å²) in [6.45, 7) is 9.32. The number of hydrogen-bond donors (Lipinski definition) is 5. The molecule has 2 aliphatic rings. The summed E-state index contributed by atoms with van der Waals surface area (Å²) in [5.74, 6) is -2.19. The van der Waals surface area contributed by atoms with E-state index in [-0.39, 0.29) is 17.9 Å². The lowest BCUT2D eigenvalue weighted by atomic mass is 9.60. The van der Waals surface area contributed by atoms with Crippen molar-refractivity contribution in [3.8, 4) is 0 Å². The van der Waals surface area contributed by atoms with Crippen LogP contribution < -0.4 is 5.32 Å². The van der Waals surface area contributed by atoms with Crippen molar-refractivity contribution in [2.75, 3.05) is 0 Å². The summed E-state index contributed by atoms with van der Waals surface area (Å²) < 4.78 is 0. The molecule has 0 bridgehead atoms. The molecule has 6 nitrogen and oxygen atoms in total. The second-order valence-corrected chi connectivity index (χ2v) is 9.33. The Morgan fingerprint density at radius 1 is 1.23 bits per heavy atom. The molecule has 5 N–H and O–H groups in total. The first-order chi connectivity index (χ1) is 14.6. The maximum absolute atomic E-state index is 13.0. The maximum Gasteiger partial charge on any atom is 0.253 e. The van der Waals surface area contributed by atoms with E-state index in [2.05, 4.69) is 11.9 Å². The van der Waals surface area contributed by atoms with E-state index in [1.807, 2.05) is 44.2 Å². The van der Waals surface area contributed by atoms with Gasteiger partial charge in [-0.2, -0.15) is 0 Å². The molecule has 0 aromatic heterocycles. The average molecular weight is 430 g/mol. The SMILES string of the molecule is C=C1C(C)C2C(Cc3ccccc3)NC(=O)C2(O)C(C=CCC(C)C(O)C(C)O)C1O. The van der Waals surface area contributed by atoms with E-state index < -0.39 is 41.7 Å². The zero-order valence-corrected chi connectivity index (χ0v) is 18.5. The highest BCUT2D eigenvalue weighted by molar-refractivity contribution is 5.89. The van der Waals surface area contributed by atoms with Crippen LogP contribution in [0.25, 0.3) is 0 Å². The third-order valence-electron chi connectivity index (χ3n) is 7.20. The Morgan fingerprint density at radius 3 is 2.48 bits per heavy atom. The molecule has 0 radical (unpaired) electrons. The predicted octanol–water partition coefficient (Wildman–Crippen LogP) is 1.58. The van der Waals surface area contributed by atoms with Crippen LogP contribution in [-0.2, 0) is 11.2 Å². The number of fused-ring (bicyclic) bond motifs is 1. The lowest BCUT2D eigenvalue weighted by molar-refractivity contribution is -0.154. The van der Waals surface area contributed by atoms with Gasteiger partial charge in [0.25, 0.3) is 5.91 Å². The Labute approximate surface area is 184 Å². The number of nitrogens with one attached hydrogen (secondary N) is 1. The fraction of sp³-hybridized carbons (Fsp3) is 0.560. The van der Waals surface area contributed by atoms with Crippen molar-refractivity contribution in [3.63, 3.8) is 0 Å². The Kier molecular flexibility index (Phi) is 7.06. The molecule has 3 rings (SSSR count). The predicted molar refractivity (Wildman–Crippen MR) is 119 cm³/mol. The third kappa shape index (κ3) is 4.35. The van der Waals surface area contributed by atoms with E-state index in [0.717, 1.165) is 5.56 Å². The van der Waals surface area contributed by atoms with Crippen LogP contribution in [0.5, 0.6) is 0 Å². The Morgan fingerprint density at radius 2 is 1.87 bits per heavy atom. The second kappa shape index (κ2) is 9.25. The van der Waals surface area contributed by atoms with Crippen LogP contribution in [0.3, 0.4) is 0 Å². The molecule has 1 aromatic rings. The number of hydrogen-bond acceptors (Lipinski definition) is 5. The van der Waals surface area contributed by atoms with Gasteiger partial charge < -0.3 is 25.7 Å². The van der Waals surface area contributed by atoms with Crippen LogP contribution in [-0.4, -0.2) is 56.3 Å². The quantitative estimate of drug-likeness (QED) is 0.423. The van der Waals surface area contributed by atoms with Crippen LogP contribution in [0.1, 0.15) is 32.8 Å². The first kappa shape index (κ1) is 23.7. The van der Waals surface area contributed by atoms with Gasteiger partial charge in [-0.25, -0.2) is 0 Å². The van der Waals surface area contributed by atoms with Gasteiger partial charge in [-0.15, -0.1) is 0 Å². The van der Waals surface area contributed by atoms with Gasteiger partial charge in [-0.05, 0) is 42.7 Å². The zero-order valence-electron chi connectivity index (χ0n) is 18.5. The molecule has 170 valence electrons. The number of aliphatic hydroxyl groups is 4. The Bertz CT molecular complexity index is 822. The van der Waals surface area contributed by atoms with Gasteiger partial charge in [0.2, 0.25) is 0 Å². The summed E-state index contributed by atoms with van der Waals surface area (Å²) >= 11 is 0. The molecule has 1 aliphatic carbocycles. The molecule has 9 atom stereocenters. The van der Waals surface area contributed by atoms with Crippen LogP contribution >= 0.6 is 0 Å². The summed E-state index contributed by atoms with van der Waals surface area (Å²) in [5, 5.41) is 45.1. The minimum Gasteiger partial charge on any atom is -0.391 e. The minimum atomic E-state index is -1.75. The molecule has 2 fully saturated rings. The van der Waals surface area contributed by atoms with Gasteiger partial charge in [-0.1, -0.05) is 62.9 Å². The standard InChI is InChI=1S/C25H35NO5/c1-14(22(28)17(4)27)9-8-12-19-23(29)16(3)15(2)21-20(26-24(30)25(19,21)31)13-18-10-6-5-7-11-18/h5-8,10-12,14-15,17,19-23,27-29,31H,3,9,13H2,1-2,4H3,(H,26,30). The van der Waals surface area contributed by atoms with E-state index in [1.54, 1.807) is 12.2 Å². The van der Waals surface area contributed by atoms with E-state index >= 15 is 0 Å². The van der Waals surface area contributed by atoms with Crippen molar-refractivity contribution in [1.29, 1.82) is 0 Å². The van der Waals surface area contributed by atoms with E-state index in [9.17, 15) is 25.2 Å². The van der Waals surface area contributed by atoms with Gasteiger partial charge in [0.15, 0.2) is 5.60 Å². The number of benzene rings is 1. The first-order valence-corrected chi connectivity index (χ1v) is 11.1. The van der Waals surface area contributed by atoms with Crippen molar-refractivity contribution in [1.82, 2.24) is 5.32 Å². The molecule has 1 saturated carbocycles. The van der Waals surface area contributed by atoms with E-state index in [1.165, 1.54) is 6.92 Å². The van der Waals surface area contributed by atoms with Gasteiger partial charge in [-0.3, -0.25) is 4.79 Å². The fourth-order valence-corrected chi connectivity index (χ4v) is 5.26.